The lowest BCUT2D eigenvalue weighted by Crippen LogP contribution is -2.32. The number of rotatable bonds is 4. The van der Waals surface area contributed by atoms with Crippen molar-refractivity contribution in [1.82, 2.24) is 4.72 Å². The van der Waals surface area contributed by atoms with Crippen molar-refractivity contribution in [2.75, 3.05) is 18.9 Å². The highest BCUT2D eigenvalue weighted by molar-refractivity contribution is 7.89. The van der Waals surface area contributed by atoms with E-state index in [-0.39, 0.29) is 6.10 Å². The molecule has 2 rings (SSSR count). The molecule has 5 nitrogen and oxygen atoms in total. The Morgan fingerprint density at radius 3 is 2.65 bits per heavy atom. The van der Waals surface area contributed by atoms with Gasteiger partial charge in [-0.2, -0.15) is 0 Å². The smallest absolute Gasteiger partial charge is 0.241 e. The van der Waals surface area contributed by atoms with Gasteiger partial charge in [-0.15, -0.1) is 0 Å². The normalized spacial score (nSPS) is 19.4. The number of nitrogens with two attached hydrogens (primary N) is 1. The van der Waals surface area contributed by atoms with E-state index < -0.39 is 10.0 Å². The molecule has 1 fully saturated rings. The third-order valence-electron chi connectivity index (χ3n) is 3.75. The molecule has 1 aliphatic heterocycles. The zero-order valence-corrected chi connectivity index (χ0v) is 13.0. The molecule has 6 heteroatoms. The van der Waals surface area contributed by atoms with Crippen LogP contribution >= 0.6 is 0 Å². The molecule has 3 N–H and O–H groups in total. The Morgan fingerprint density at radius 1 is 1.35 bits per heavy atom. The Balaban J connectivity index is 2.27. The summed E-state index contributed by atoms with van der Waals surface area (Å²) in [5.41, 5.74) is 8.72. The van der Waals surface area contributed by atoms with Gasteiger partial charge >= 0.3 is 0 Å². The molecule has 0 saturated carbocycles. The van der Waals surface area contributed by atoms with Crippen LogP contribution in [0.15, 0.2) is 11.0 Å². The predicted octanol–water partition coefficient (Wildman–Crippen LogP) is 1.65. The molecule has 1 saturated heterocycles. The average Bonchev–Trinajstić information content (AvgIpc) is 2.86. The summed E-state index contributed by atoms with van der Waals surface area (Å²) in [5, 5.41) is 0. The average molecular weight is 298 g/mol. The molecule has 20 heavy (non-hydrogen) atoms. The third kappa shape index (κ3) is 2.97. The number of sulfonamides is 1. The molecule has 1 aromatic carbocycles. The Hall–Kier alpha value is -1.11. The quantitative estimate of drug-likeness (QED) is 0.828. The summed E-state index contributed by atoms with van der Waals surface area (Å²) < 4.78 is 33.0. The number of hydrogen-bond donors (Lipinski definition) is 2. The molecule has 112 valence electrons. The SMILES string of the molecule is Cc1cc(C)c(S(=O)(=O)NCC2CCCO2)c(C)c1N. The summed E-state index contributed by atoms with van der Waals surface area (Å²) >= 11 is 0. The Kier molecular flexibility index (Phi) is 4.36. The molecule has 0 radical (unpaired) electrons. The number of nitrogen functional groups attached to an aromatic ring is 1. The van der Waals surface area contributed by atoms with Gasteiger partial charge in [-0.1, -0.05) is 6.07 Å². The van der Waals surface area contributed by atoms with Crippen LogP contribution in [-0.2, 0) is 14.8 Å². The molecule has 1 heterocycles. The van der Waals surface area contributed by atoms with Crippen LogP contribution in [-0.4, -0.2) is 27.7 Å². The number of nitrogens with one attached hydrogen (secondary N) is 1. The van der Waals surface area contributed by atoms with Crippen molar-refractivity contribution in [3.05, 3.63) is 22.8 Å². The van der Waals surface area contributed by atoms with E-state index in [0.717, 1.165) is 18.4 Å². The third-order valence-corrected chi connectivity index (χ3v) is 5.47. The first-order valence-corrected chi connectivity index (χ1v) is 8.29. The zero-order valence-electron chi connectivity index (χ0n) is 12.2. The van der Waals surface area contributed by atoms with Gasteiger partial charge in [0.05, 0.1) is 11.0 Å². The topological polar surface area (TPSA) is 81.4 Å². The lowest BCUT2D eigenvalue weighted by Gasteiger charge is -2.17. The van der Waals surface area contributed by atoms with Gasteiger partial charge in [-0.25, -0.2) is 13.1 Å². The maximum Gasteiger partial charge on any atom is 0.241 e. The largest absolute Gasteiger partial charge is 0.398 e. The summed E-state index contributed by atoms with van der Waals surface area (Å²) in [5.74, 6) is 0. The predicted molar refractivity (Wildman–Crippen MR) is 79.2 cm³/mol. The lowest BCUT2D eigenvalue weighted by molar-refractivity contribution is 0.114. The van der Waals surface area contributed by atoms with Gasteiger partial charge in [0.25, 0.3) is 0 Å². The fraction of sp³-hybridized carbons (Fsp3) is 0.571. The maximum absolute atomic E-state index is 12.5. The summed E-state index contributed by atoms with van der Waals surface area (Å²) in [7, 11) is -3.56. The van der Waals surface area contributed by atoms with E-state index in [1.54, 1.807) is 13.8 Å². The van der Waals surface area contributed by atoms with Crippen LogP contribution < -0.4 is 10.5 Å². The second-order valence-electron chi connectivity index (χ2n) is 5.37. The Morgan fingerprint density at radius 2 is 2.05 bits per heavy atom. The number of benzene rings is 1. The summed E-state index contributed by atoms with van der Waals surface area (Å²) in [6.45, 7) is 6.44. The summed E-state index contributed by atoms with van der Waals surface area (Å²) in [6, 6.07) is 1.81. The van der Waals surface area contributed by atoms with Crippen LogP contribution in [0, 0.1) is 20.8 Å². The van der Waals surface area contributed by atoms with Gasteiger partial charge in [0.2, 0.25) is 10.0 Å². The van der Waals surface area contributed by atoms with Crippen molar-refractivity contribution in [3.8, 4) is 0 Å². The summed E-state index contributed by atoms with van der Waals surface area (Å²) in [4.78, 5) is 0.290. The Bertz CT molecular complexity index is 605. The van der Waals surface area contributed by atoms with E-state index in [1.165, 1.54) is 0 Å². The standard InChI is InChI=1S/C14H22N2O3S/c1-9-7-10(2)14(11(3)13(9)15)20(17,18)16-8-12-5-4-6-19-12/h7,12,16H,4-6,8,15H2,1-3H3. The first-order chi connectivity index (χ1) is 9.33. The second kappa shape index (κ2) is 5.71. The fourth-order valence-electron chi connectivity index (χ4n) is 2.68. The van der Waals surface area contributed by atoms with Gasteiger partial charge in [0, 0.05) is 18.8 Å². The van der Waals surface area contributed by atoms with Crippen LogP contribution in [0.3, 0.4) is 0 Å². The van der Waals surface area contributed by atoms with E-state index in [1.807, 2.05) is 13.0 Å². The van der Waals surface area contributed by atoms with Crippen LogP contribution in [0.5, 0.6) is 0 Å². The van der Waals surface area contributed by atoms with Crippen molar-refractivity contribution >= 4 is 15.7 Å². The molecule has 0 spiro atoms. The highest BCUT2D eigenvalue weighted by Gasteiger charge is 2.24. The molecule has 0 amide bonds. The van der Waals surface area contributed by atoms with E-state index in [9.17, 15) is 8.42 Å². The van der Waals surface area contributed by atoms with E-state index >= 15 is 0 Å². The second-order valence-corrected chi connectivity index (χ2v) is 7.07. The van der Waals surface area contributed by atoms with Gasteiger partial charge in [0.15, 0.2) is 0 Å². The van der Waals surface area contributed by atoms with Crippen LogP contribution in [0.2, 0.25) is 0 Å². The highest BCUT2D eigenvalue weighted by atomic mass is 32.2. The number of ether oxygens (including phenoxy) is 1. The minimum atomic E-state index is -3.56. The fourth-order valence-corrected chi connectivity index (χ4v) is 4.22. The van der Waals surface area contributed by atoms with Gasteiger partial charge < -0.3 is 10.5 Å². The molecule has 1 atom stereocenters. The molecule has 0 aliphatic carbocycles. The number of aryl methyl sites for hydroxylation is 2. The Labute approximate surface area is 120 Å². The van der Waals surface area contributed by atoms with Gasteiger partial charge in [0.1, 0.15) is 0 Å². The number of anilines is 1. The monoisotopic (exact) mass is 298 g/mol. The van der Waals surface area contributed by atoms with E-state index in [0.29, 0.717) is 34.9 Å². The molecule has 0 aromatic heterocycles. The molecular weight excluding hydrogens is 276 g/mol. The molecular formula is C14H22N2O3S. The van der Waals surface area contributed by atoms with Crippen molar-refractivity contribution in [3.63, 3.8) is 0 Å². The minimum absolute atomic E-state index is 0.0202. The zero-order chi connectivity index (χ0) is 14.9. The van der Waals surface area contributed by atoms with E-state index in [2.05, 4.69) is 4.72 Å². The van der Waals surface area contributed by atoms with Crippen molar-refractivity contribution in [2.24, 2.45) is 0 Å². The van der Waals surface area contributed by atoms with Crippen molar-refractivity contribution in [1.29, 1.82) is 0 Å². The highest BCUT2D eigenvalue weighted by Crippen LogP contribution is 2.28. The van der Waals surface area contributed by atoms with Crippen LogP contribution in [0.1, 0.15) is 29.5 Å². The van der Waals surface area contributed by atoms with Gasteiger partial charge in [-0.3, -0.25) is 0 Å². The van der Waals surface area contributed by atoms with Crippen molar-refractivity contribution in [2.45, 2.75) is 44.6 Å². The molecule has 1 aliphatic rings. The molecule has 0 bridgehead atoms. The number of hydrogen-bond acceptors (Lipinski definition) is 4. The minimum Gasteiger partial charge on any atom is -0.398 e. The van der Waals surface area contributed by atoms with Crippen LogP contribution in [0.25, 0.3) is 0 Å². The maximum atomic E-state index is 12.5. The first kappa shape index (κ1) is 15.3. The van der Waals surface area contributed by atoms with Gasteiger partial charge in [-0.05, 0) is 50.3 Å². The molecule has 1 unspecified atom stereocenters. The van der Waals surface area contributed by atoms with Crippen LogP contribution in [0.4, 0.5) is 5.69 Å². The first-order valence-electron chi connectivity index (χ1n) is 6.80. The van der Waals surface area contributed by atoms with Crippen molar-refractivity contribution < 1.29 is 13.2 Å². The molecule has 1 aromatic rings. The summed E-state index contributed by atoms with van der Waals surface area (Å²) in [6.07, 6.45) is 1.87. The van der Waals surface area contributed by atoms with E-state index in [4.69, 9.17) is 10.5 Å². The lowest BCUT2D eigenvalue weighted by atomic mass is 10.1.